The molecule has 2 N–H and O–H groups in total. The van der Waals surface area contributed by atoms with Crippen LogP contribution in [0.5, 0.6) is 0 Å². The Bertz CT molecular complexity index is 728. The van der Waals surface area contributed by atoms with Crippen molar-refractivity contribution >= 4 is 23.9 Å². The smallest absolute Gasteiger partial charge is 0.325 e. The first kappa shape index (κ1) is 19.6. The highest BCUT2D eigenvalue weighted by Crippen LogP contribution is 2.19. The molecule has 0 bridgehead atoms. The van der Waals surface area contributed by atoms with Crippen molar-refractivity contribution in [3.8, 4) is 0 Å². The summed E-state index contributed by atoms with van der Waals surface area (Å²) < 4.78 is 26.7. The van der Waals surface area contributed by atoms with Crippen LogP contribution in [0.2, 0.25) is 0 Å². The minimum atomic E-state index is -1.11. The summed E-state index contributed by atoms with van der Waals surface area (Å²) in [6.45, 7) is 2.04. The van der Waals surface area contributed by atoms with Gasteiger partial charge in [-0.25, -0.2) is 8.78 Å². The first-order valence-electron chi connectivity index (χ1n) is 8.23. The zero-order chi connectivity index (χ0) is 19.3. The van der Waals surface area contributed by atoms with Gasteiger partial charge in [0.25, 0.3) is 0 Å². The molecule has 1 heterocycles. The Morgan fingerprint density at radius 2 is 1.92 bits per heavy atom. The molecule has 1 aromatic rings. The molecule has 2 rings (SSSR count). The van der Waals surface area contributed by atoms with Crippen LogP contribution in [0.3, 0.4) is 0 Å². The van der Waals surface area contributed by atoms with E-state index in [1.807, 2.05) is 0 Å². The Morgan fingerprint density at radius 1 is 1.27 bits per heavy atom. The van der Waals surface area contributed by atoms with E-state index >= 15 is 0 Å². The molecule has 0 aromatic heterocycles. The highest BCUT2D eigenvalue weighted by molar-refractivity contribution is 5.92. The molecular weight excluding hydrogens is 346 g/mol. The Balaban J connectivity index is 1.88. The summed E-state index contributed by atoms with van der Waals surface area (Å²) in [5, 5.41) is 11.2. The van der Waals surface area contributed by atoms with Crippen molar-refractivity contribution in [2.45, 2.75) is 25.8 Å². The van der Waals surface area contributed by atoms with E-state index in [0.717, 1.165) is 6.07 Å². The SMILES string of the molecule is CC(NC(=O)C1CCN(C(=O)C=Cc2cccc(F)c2F)CC1)C(=O)O. The van der Waals surface area contributed by atoms with Crippen LogP contribution in [0.4, 0.5) is 8.78 Å². The second kappa shape index (κ2) is 8.55. The first-order valence-corrected chi connectivity index (χ1v) is 8.23. The molecule has 0 radical (unpaired) electrons. The predicted octanol–water partition coefficient (Wildman–Crippen LogP) is 1.81. The number of carboxylic acid groups (broad SMARTS) is 1. The molecule has 1 saturated heterocycles. The van der Waals surface area contributed by atoms with E-state index in [9.17, 15) is 23.2 Å². The molecule has 1 aliphatic rings. The summed E-state index contributed by atoms with van der Waals surface area (Å²) in [6, 6.07) is 2.74. The third-order valence-corrected chi connectivity index (χ3v) is 4.29. The zero-order valence-electron chi connectivity index (χ0n) is 14.2. The van der Waals surface area contributed by atoms with Gasteiger partial charge < -0.3 is 15.3 Å². The maximum Gasteiger partial charge on any atom is 0.325 e. The molecule has 2 amide bonds. The molecule has 6 nitrogen and oxygen atoms in total. The Kier molecular flexibility index (Phi) is 6.43. The number of hydrogen-bond donors (Lipinski definition) is 2. The zero-order valence-corrected chi connectivity index (χ0v) is 14.2. The lowest BCUT2D eigenvalue weighted by molar-refractivity contribution is -0.142. The maximum absolute atomic E-state index is 13.6. The van der Waals surface area contributed by atoms with Crippen LogP contribution in [0.15, 0.2) is 24.3 Å². The van der Waals surface area contributed by atoms with Gasteiger partial charge in [0.15, 0.2) is 11.6 Å². The molecule has 1 aromatic carbocycles. The molecule has 26 heavy (non-hydrogen) atoms. The minimum absolute atomic E-state index is 0.0183. The van der Waals surface area contributed by atoms with Crippen molar-refractivity contribution < 1.29 is 28.3 Å². The number of amides is 2. The molecule has 1 fully saturated rings. The van der Waals surface area contributed by atoms with Gasteiger partial charge in [-0.2, -0.15) is 0 Å². The fourth-order valence-corrected chi connectivity index (χ4v) is 2.67. The Hall–Kier alpha value is -2.77. The van der Waals surface area contributed by atoms with Gasteiger partial charge in [-0.1, -0.05) is 12.1 Å². The van der Waals surface area contributed by atoms with Gasteiger partial charge in [-0.05, 0) is 31.9 Å². The Labute approximate surface area is 149 Å². The van der Waals surface area contributed by atoms with Crippen molar-refractivity contribution in [1.82, 2.24) is 10.2 Å². The van der Waals surface area contributed by atoms with Gasteiger partial charge in [0, 0.05) is 30.6 Å². The number of nitrogens with one attached hydrogen (secondary N) is 1. The first-order chi connectivity index (χ1) is 12.3. The van der Waals surface area contributed by atoms with Crippen LogP contribution in [-0.4, -0.2) is 46.9 Å². The number of carboxylic acids is 1. The highest BCUT2D eigenvalue weighted by Gasteiger charge is 2.28. The highest BCUT2D eigenvalue weighted by atomic mass is 19.2. The van der Waals surface area contributed by atoms with Crippen molar-refractivity contribution in [1.29, 1.82) is 0 Å². The second-order valence-corrected chi connectivity index (χ2v) is 6.14. The molecule has 0 saturated carbocycles. The summed E-state index contributed by atoms with van der Waals surface area (Å²) in [5.41, 5.74) is -0.0183. The van der Waals surface area contributed by atoms with Gasteiger partial charge in [-0.3, -0.25) is 14.4 Å². The van der Waals surface area contributed by atoms with E-state index in [2.05, 4.69) is 5.32 Å². The normalized spacial score (nSPS) is 16.5. The lowest BCUT2D eigenvalue weighted by Crippen LogP contribution is -2.46. The molecule has 1 aliphatic heterocycles. The molecule has 1 atom stereocenters. The lowest BCUT2D eigenvalue weighted by atomic mass is 9.95. The van der Waals surface area contributed by atoms with Crippen molar-refractivity contribution in [2.24, 2.45) is 5.92 Å². The summed E-state index contributed by atoms with van der Waals surface area (Å²) in [4.78, 5) is 36.4. The number of aliphatic carboxylic acids is 1. The third-order valence-electron chi connectivity index (χ3n) is 4.29. The average Bonchev–Trinajstić information content (AvgIpc) is 2.62. The number of carbonyl (C=O) groups excluding carboxylic acids is 2. The van der Waals surface area contributed by atoms with E-state index in [0.29, 0.717) is 25.9 Å². The number of halogens is 2. The minimum Gasteiger partial charge on any atom is -0.480 e. The van der Waals surface area contributed by atoms with E-state index in [1.165, 1.54) is 36.1 Å². The van der Waals surface area contributed by atoms with Crippen LogP contribution in [-0.2, 0) is 14.4 Å². The number of hydrogen-bond acceptors (Lipinski definition) is 3. The summed E-state index contributed by atoms with van der Waals surface area (Å²) in [7, 11) is 0. The maximum atomic E-state index is 13.6. The molecule has 0 aliphatic carbocycles. The molecule has 0 spiro atoms. The summed E-state index contributed by atoms with van der Waals surface area (Å²) in [5.74, 6) is -4.16. The van der Waals surface area contributed by atoms with E-state index < -0.39 is 23.6 Å². The number of rotatable bonds is 5. The van der Waals surface area contributed by atoms with Crippen LogP contribution >= 0.6 is 0 Å². The van der Waals surface area contributed by atoms with Gasteiger partial charge in [0.1, 0.15) is 6.04 Å². The van der Waals surface area contributed by atoms with E-state index in [-0.39, 0.29) is 23.3 Å². The monoisotopic (exact) mass is 366 g/mol. The average molecular weight is 366 g/mol. The quantitative estimate of drug-likeness (QED) is 0.778. The third kappa shape index (κ3) is 4.87. The van der Waals surface area contributed by atoms with Crippen molar-refractivity contribution in [3.05, 3.63) is 41.5 Å². The van der Waals surface area contributed by atoms with Crippen LogP contribution in [0.1, 0.15) is 25.3 Å². The van der Waals surface area contributed by atoms with E-state index in [4.69, 9.17) is 5.11 Å². The molecule has 140 valence electrons. The van der Waals surface area contributed by atoms with Gasteiger partial charge in [-0.15, -0.1) is 0 Å². The predicted molar refractivity (Wildman–Crippen MR) is 89.9 cm³/mol. The van der Waals surface area contributed by atoms with E-state index in [1.54, 1.807) is 0 Å². The fraction of sp³-hybridized carbons (Fsp3) is 0.389. The van der Waals surface area contributed by atoms with Gasteiger partial charge in [0.2, 0.25) is 11.8 Å². The van der Waals surface area contributed by atoms with Crippen LogP contribution in [0.25, 0.3) is 6.08 Å². The van der Waals surface area contributed by atoms with Crippen molar-refractivity contribution in [3.63, 3.8) is 0 Å². The van der Waals surface area contributed by atoms with Crippen molar-refractivity contribution in [2.75, 3.05) is 13.1 Å². The Morgan fingerprint density at radius 3 is 2.54 bits per heavy atom. The van der Waals surface area contributed by atoms with Crippen LogP contribution in [0, 0.1) is 17.6 Å². The standard InChI is InChI=1S/C18H20F2N2O4/c1-11(18(25)26)21-17(24)13-7-9-22(10-8-13)15(23)6-5-12-3-2-4-14(19)16(12)20/h2-6,11,13H,7-10H2,1H3,(H,21,24)(H,25,26). The summed E-state index contributed by atoms with van der Waals surface area (Å²) >= 11 is 0. The molecule has 8 heteroatoms. The number of carbonyl (C=O) groups is 3. The molecular formula is C18H20F2N2O4. The number of likely N-dealkylation sites (tertiary alicyclic amines) is 1. The molecule has 1 unspecified atom stereocenters. The second-order valence-electron chi connectivity index (χ2n) is 6.14. The summed E-state index contributed by atoms with van der Waals surface area (Å²) in [6.07, 6.45) is 3.21. The number of benzene rings is 1. The van der Waals surface area contributed by atoms with Gasteiger partial charge in [0.05, 0.1) is 0 Å². The fourth-order valence-electron chi connectivity index (χ4n) is 2.67. The lowest BCUT2D eigenvalue weighted by Gasteiger charge is -2.31. The topological polar surface area (TPSA) is 86.7 Å². The largest absolute Gasteiger partial charge is 0.480 e. The number of piperidine rings is 1. The van der Waals surface area contributed by atoms with Gasteiger partial charge >= 0.3 is 5.97 Å². The number of nitrogens with zero attached hydrogens (tertiary/aromatic N) is 1. The van der Waals surface area contributed by atoms with Crippen LogP contribution < -0.4 is 5.32 Å².